The summed E-state index contributed by atoms with van der Waals surface area (Å²) in [6.07, 6.45) is 6.90. The number of nitrogens with zero attached hydrogens (tertiary/aromatic N) is 1. The predicted molar refractivity (Wildman–Crippen MR) is 63.0 cm³/mol. The van der Waals surface area contributed by atoms with Gasteiger partial charge in [-0.25, -0.2) is 0 Å². The van der Waals surface area contributed by atoms with Gasteiger partial charge in [0.15, 0.2) is 0 Å². The van der Waals surface area contributed by atoms with Gasteiger partial charge < -0.3 is 10.7 Å². The van der Waals surface area contributed by atoms with Crippen LogP contribution in [-0.2, 0) is 6.54 Å². The quantitative estimate of drug-likeness (QED) is 0.546. The number of allylic oxidation sites excluding steroid dienone is 2. The van der Waals surface area contributed by atoms with Crippen molar-refractivity contribution in [2.75, 3.05) is 6.54 Å². The Hall–Kier alpha value is -1.74. The molecule has 0 saturated heterocycles. The van der Waals surface area contributed by atoms with E-state index in [-0.39, 0.29) is 0 Å². The molecule has 0 spiro atoms. The molecule has 1 heterocycles. The van der Waals surface area contributed by atoms with Crippen LogP contribution in [0.5, 0.6) is 0 Å². The molecule has 2 N–H and O–H groups in total. The highest BCUT2D eigenvalue weighted by Crippen LogP contribution is 1.91. The molecule has 0 saturated carbocycles. The molecule has 0 atom stereocenters. The average molecular weight is 201 g/mol. The first kappa shape index (κ1) is 11.3. The Labute approximate surface area is 90.1 Å². The molecule has 0 radical (unpaired) electrons. The zero-order chi connectivity index (χ0) is 10.9. The Balaban J connectivity index is 2.25. The van der Waals surface area contributed by atoms with Crippen molar-refractivity contribution >= 4 is 5.71 Å². The van der Waals surface area contributed by atoms with Crippen molar-refractivity contribution in [1.29, 1.82) is 5.41 Å². The summed E-state index contributed by atoms with van der Waals surface area (Å²) in [5.74, 6) is 0. The molecule has 15 heavy (non-hydrogen) atoms. The monoisotopic (exact) mass is 201 g/mol. The van der Waals surface area contributed by atoms with E-state index < -0.39 is 0 Å². The fourth-order valence-electron chi connectivity index (χ4n) is 1.07. The third-order valence-electron chi connectivity index (χ3n) is 1.78. The molecule has 3 nitrogen and oxygen atoms in total. The number of hydrogen-bond acceptors (Lipinski definition) is 3. The van der Waals surface area contributed by atoms with E-state index in [2.05, 4.69) is 16.9 Å². The van der Waals surface area contributed by atoms with Gasteiger partial charge >= 0.3 is 0 Å². The molecule has 0 amide bonds. The van der Waals surface area contributed by atoms with Crippen molar-refractivity contribution in [2.24, 2.45) is 0 Å². The topological polar surface area (TPSA) is 48.8 Å². The zero-order valence-electron chi connectivity index (χ0n) is 8.61. The number of rotatable bonds is 6. The summed E-state index contributed by atoms with van der Waals surface area (Å²) in [5.41, 5.74) is 1.52. The van der Waals surface area contributed by atoms with E-state index in [9.17, 15) is 0 Å². The summed E-state index contributed by atoms with van der Waals surface area (Å²) in [6.45, 7) is 4.77. The van der Waals surface area contributed by atoms with Crippen molar-refractivity contribution in [1.82, 2.24) is 10.3 Å². The highest BCUT2D eigenvalue weighted by Gasteiger charge is 1.93. The normalized spacial score (nSPS) is 10.4. The van der Waals surface area contributed by atoms with Gasteiger partial charge in [-0.15, -0.1) is 0 Å². The highest BCUT2D eigenvalue weighted by molar-refractivity contribution is 5.94. The smallest absolute Gasteiger partial charge is 0.0541 e. The van der Waals surface area contributed by atoms with Crippen LogP contribution in [-0.4, -0.2) is 17.2 Å². The van der Waals surface area contributed by atoms with Crippen LogP contribution >= 0.6 is 0 Å². The first-order chi connectivity index (χ1) is 7.33. The van der Waals surface area contributed by atoms with Gasteiger partial charge in [0.2, 0.25) is 0 Å². The van der Waals surface area contributed by atoms with Gasteiger partial charge in [-0.05, 0) is 18.2 Å². The third kappa shape index (κ3) is 4.88. The molecule has 78 valence electrons. The van der Waals surface area contributed by atoms with Gasteiger partial charge in [-0.1, -0.05) is 24.8 Å². The Morgan fingerprint density at radius 2 is 2.40 bits per heavy atom. The second kappa shape index (κ2) is 6.68. The van der Waals surface area contributed by atoms with E-state index in [4.69, 9.17) is 5.41 Å². The fourth-order valence-corrected chi connectivity index (χ4v) is 1.07. The maximum Gasteiger partial charge on any atom is 0.0541 e. The van der Waals surface area contributed by atoms with Gasteiger partial charge in [0.25, 0.3) is 0 Å². The van der Waals surface area contributed by atoms with Crippen molar-refractivity contribution in [3.63, 3.8) is 0 Å². The van der Waals surface area contributed by atoms with Crippen LogP contribution in [0.1, 0.15) is 5.69 Å². The van der Waals surface area contributed by atoms with Gasteiger partial charge in [0.1, 0.15) is 0 Å². The van der Waals surface area contributed by atoms with Crippen molar-refractivity contribution in [3.05, 3.63) is 54.9 Å². The van der Waals surface area contributed by atoms with Crippen LogP contribution in [0.4, 0.5) is 0 Å². The largest absolute Gasteiger partial charge is 0.306 e. The molecular weight excluding hydrogens is 186 g/mol. The van der Waals surface area contributed by atoms with Gasteiger partial charge in [-0.3, -0.25) is 4.98 Å². The van der Waals surface area contributed by atoms with E-state index in [1.54, 1.807) is 24.4 Å². The molecule has 1 aromatic heterocycles. The Morgan fingerprint density at radius 1 is 1.53 bits per heavy atom. The number of aromatic nitrogens is 1. The first-order valence-corrected chi connectivity index (χ1v) is 4.80. The van der Waals surface area contributed by atoms with Gasteiger partial charge in [0, 0.05) is 25.0 Å². The minimum absolute atomic E-state index is 0.533. The van der Waals surface area contributed by atoms with Crippen molar-refractivity contribution in [3.8, 4) is 0 Å². The molecular formula is C12H15N3. The lowest BCUT2D eigenvalue weighted by atomic mass is 10.3. The summed E-state index contributed by atoms with van der Waals surface area (Å²) in [4.78, 5) is 4.17. The van der Waals surface area contributed by atoms with E-state index >= 15 is 0 Å². The predicted octanol–water partition coefficient (Wildman–Crippen LogP) is 1.93. The Morgan fingerprint density at radius 3 is 3.07 bits per heavy atom. The van der Waals surface area contributed by atoms with E-state index in [1.807, 2.05) is 18.2 Å². The van der Waals surface area contributed by atoms with E-state index in [1.165, 1.54) is 0 Å². The summed E-state index contributed by atoms with van der Waals surface area (Å²) < 4.78 is 0. The second-order valence-corrected chi connectivity index (χ2v) is 3.04. The van der Waals surface area contributed by atoms with Gasteiger partial charge in [0.05, 0.1) is 5.69 Å². The lowest BCUT2D eigenvalue weighted by molar-refractivity contribution is 0.754. The number of pyridine rings is 1. The third-order valence-corrected chi connectivity index (χ3v) is 1.78. The Bertz CT molecular complexity index is 341. The van der Waals surface area contributed by atoms with Crippen molar-refractivity contribution in [2.45, 2.75) is 6.54 Å². The molecule has 0 aliphatic heterocycles. The Kier molecular flexibility index (Phi) is 5.04. The summed E-state index contributed by atoms with van der Waals surface area (Å²) >= 11 is 0. The van der Waals surface area contributed by atoms with Gasteiger partial charge in [-0.2, -0.15) is 0 Å². The number of nitrogens with one attached hydrogen (secondary N) is 2. The fraction of sp³-hybridized carbons (Fsp3) is 0.167. The van der Waals surface area contributed by atoms with Crippen molar-refractivity contribution < 1.29 is 0 Å². The molecule has 1 aromatic rings. The zero-order valence-corrected chi connectivity index (χ0v) is 8.61. The summed E-state index contributed by atoms with van der Waals surface area (Å²) in [6, 6.07) is 5.79. The second-order valence-electron chi connectivity index (χ2n) is 3.04. The van der Waals surface area contributed by atoms with Crippen LogP contribution in [0.15, 0.2) is 49.2 Å². The van der Waals surface area contributed by atoms with Crippen LogP contribution in [0.2, 0.25) is 0 Å². The average Bonchev–Trinajstić information content (AvgIpc) is 2.28. The summed E-state index contributed by atoms with van der Waals surface area (Å²) in [5, 5.41) is 10.7. The van der Waals surface area contributed by atoms with Crippen LogP contribution in [0, 0.1) is 5.41 Å². The SMILES string of the molecule is C=CC=CC(=N)CNCc1ccccn1. The highest BCUT2D eigenvalue weighted by atomic mass is 14.9. The van der Waals surface area contributed by atoms with E-state index in [0.29, 0.717) is 18.8 Å². The minimum atomic E-state index is 0.533. The minimum Gasteiger partial charge on any atom is -0.306 e. The molecule has 1 rings (SSSR count). The maximum atomic E-state index is 7.54. The lowest BCUT2D eigenvalue weighted by Crippen LogP contribution is -2.21. The molecule has 3 heteroatoms. The molecule has 0 fully saturated rings. The van der Waals surface area contributed by atoms with Crippen LogP contribution < -0.4 is 5.32 Å². The van der Waals surface area contributed by atoms with Crippen LogP contribution in [0.25, 0.3) is 0 Å². The summed E-state index contributed by atoms with van der Waals surface area (Å²) in [7, 11) is 0. The molecule has 0 bridgehead atoms. The maximum absolute atomic E-state index is 7.54. The lowest BCUT2D eigenvalue weighted by Gasteiger charge is -2.02. The molecule has 0 aliphatic carbocycles. The number of hydrogen-bond donors (Lipinski definition) is 2. The molecule has 0 unspecified atom stereocenters. The molecule has 0 aromatic carbocycles. The standard InChI is InChI=1S/C12H15N3/c1-2-3-6-11(13)9-14-10-12-7-4-5-8-15-12/h2-8,13-14H,1,9-10H2. The molecule has 0 aliphatic rings. The van der Waals surface area contributed by atoms with Crippen LogP contribution in [0.3, 0.4) is 0 Å². The first-order valence-electron chi connectivity index (χ1n) is 4.80. The van der Waals surface area contributed by atoms with E-state index in [0.717, 1.165) is 5.69 Å².